The van der Waals surface area contributed by atoms with Gasteiger partial charge in [-0.15, -0.1) is 0 Å². The van der Waals surface area contributed by atoms with Crippen LogP contribution in [0.1, 0.15) is 39.0 Å². The van der Waals surface area contributed by atoms with E-state index in [1.165, 1.54) is 0 Å². The maximum absolute atomic E-state index is 11.9. The van der Waals surface area contributed by atoms with E-state index in [1.807, 2.05) is 0 Å². The first-order valence-corrected chi connectivity index (χ1v) is 6.44. The van der Waals surface area contributed by atoms with E-state index in [0.717, 1.165) is 19.3 Å². The van der Waals surface area contributed by atoms with Gasteiger partial charge in [0.1, 0.15) is 0 Å². The zero-order valence-electron chi connectivity index (χ0n) is 10.5. The van der Waals surface area contributed by atoms with Gasteiger partial charge in [0, 0.05) is 25.6 Å². The lowest BCUT2D eigenvalue weighted by molar-refractivity contribution is -0.129. The molecule has 5 heteroatoms. The molecule has 0 saturated carbocycles. The first-order valence-electron chi connectivity index (χ1n) is 6.44. The monoisotopic (exact) mass is 241 g/mol. The van der Waals surface area contributed by atoms with E-state index in [4.69, 9.17) is 5.73 Å². The number of nitrogens with one attached hydrogen (secondary N) is 2. The highest BCUT2D eigenvalue weighted by Crippen LogP contribution is 2.11. The van der Waals surface area contributed by atoms with E-state index in [9.17, 15) is 9.59 Å². The topological polar surface area (TPSA) is 84.2 Å². The zero-order valence-corrected chi connectivity index (χ0v) is 10.5. The number of amides is 2. The van der Waals surface area contributed by atoms with Crippen molar-refractivity contribution in [1.82, 2.24) is 10.6 Å². The molecule has 0 bridgehead atoms. The third-order valence-electron chi connectivity index (χ3n) is 3.17. The van der Waals surface area contributed by atoms with Crippen LogP contribution in [0.5, 0.6) is 0 Å². The molecule has 1 aliphatic heterocycles. The van der Waals surface area contributed by atoms with Crippen LogP contribution < -0.4 is 16.4 Å². The molecule has 0 aliphatic carbocycles. The van der Waals surface area contributed by atoms with Crippen molar-refractivity contribution in [3.05, 3.63) is 0 Å². The smallest absolute Gasteiger partial charge is 0.225 e. The van der Waals surface area contributed by atoms with E-state index < -0.39 is 0 Å². The van der Waals surface area contributed by atoms with Crippen molar-refractivity contribution in [3.63, 3.8) is 0 Å². The second-order valence-electron chi connectivity index (χ2n) is 4.62. The number of nitrogens with two attached hydrogens (primary N) is 1. The molecule has 2 amide bonds. The standard InChI is InChI=1S/C12H23N3O2/c1-2-3-4-10(7-13)15-12(17)9-5-6-11(16)14-8-9/h9-10H,2-8,13H2,1H3,(H,14,16)(H,15,17). The molecular formula is C12H23N3O2. The Hall–Kier alpha value is -1.10. The van der Waals surface area contributed by atoms with Crippen LogP contribution in [0.2, 0.25) is 0 Å². The summed E-state index contributed by atoms with van der Waals surface area (Å²) in [6.07, 6.45) is 4.19. The fourth-order valence-electron chi connectivity index (χ4n) is 1.98. The molecular weight excluding hydrogens is 218 g/mol. The number of piperidine rings is 1. The van der Waals surface area contributed by atoms with Gasteiger partial charge in [-0.05, 0) is 12.8 Å². The Balaban J connectivity index is 2.33. The average molecular weight is 241 g/mol. The Morgan fingerprint density at radius 1 is 1.65 bits per heavy atom. The summed E-state index contributed by atoms with van der Waals surface area (Å²) in [6.45, 7) is 3.05. The highest BCUT2D eigenvalue weighted by atomic mass is 16.2. The van der Waals surface area contributed by atoms with Crippen molar-refractivity contribution in [2.75, 3.05) is 13.1 Å². The van der Waals surface area contributed by atoms with Crippen LogP contribution in [0.3, 0.4) is 0 Å². The van der Waals surface area contributed by atoms with Gasteiger partial charge in [0.2, 0.25) is 11.8 Å². The molecule has 2 unspecified atom stereocenters. The molecule has 98 valence electrons. The Morgan fingerprint density at radius 2 is 2.41 bits per heavy atom. The predicted molar refractivity (Wildman–Crippen MR) is 66.2 cm³/mol. The SMILES string of the molecule is CCCCC(CN)NC(=O)C1CCC(=O)NC1. The largest absolute Gasteiger partial charge is 0.355 e. The maximum atomic E-state index is 11.9. The van der Waals surface area contributed by atoms with Gasteiger partial charge in [-0.1, -0.05) is 19.8 Å². The molecule has 0 aromatic rings. The Kier molecular flexibility index (Phi) is 5.97. The van der Waals surface area contributed by atoms with Crippen LogP contribution in [-0.2, 0) is 9.59 Å². The summed E-state index contributed by atoms with van der Waals surface area (Å²) in [5.74, 6) is -0.0321. The van der Waals surface area contributed by atoms with Gasteiger partial charge in [0.15, 0.2) is 0 Å². The first kappa shape index (κ1) is 14.0. The van der Waals surface area contributed by atoms with Gasteiger partial charge >= 0.3 is 0 Å². The van der Waals surface area contributed by atoms with Gasteiger partial charge in [-0.3, -0.25) is 9.59 Å². The number of hydrogen-bond donors (Lipinski definition) is 3. The van der Waals surface area contributed by atoms with E-state index in [0.29, 0.717) is 25.9 Å². The lowest BCUT2D eigenvalue weighted by atomic mass is 9.97. The van der Waals surface area contributed by atoms with E-state index in [2.05, 4.69) is 17.6 Å². The summed E-state index contributed by atoms with van der Waals surface area (Å²) in [5.41, 5.74) is 5.63. The van der Waals surface area contributed by atoms with Gasteiger partial charge in [-0.25, -0.2) is 0 Å². The summed E-state index contributed by atoms with van der Waals surface area (Å²) in [4.78, 5) is 22.9. The second-order valence-corrected chi connectivity index (χ2v) is 4.62. The Morgan fingerprint density at radius 3 is 2.94 bits per heavy atom. The first-order chi connectivity index (χ1) is 8.17. The molecule has 0 aromatic carbocycles. The normalized spacial score (nSPS) is 21.8. The van der Waals surface area contributed by atoms with Gasteiger partial charge in [-0.2, -0.15) is 0 Å². The number of rotatable bonds is 6. The lowest BCUT2D eigenvalue weighted by Gasteiger charge is -2.24. The third kappa shape index (κ3) is 4.73. The van der Waals surface area contributed by atoms with Crippen LogP contribution in [0.15, 0.2) is 0 Å². The number of unbranched alkanes of at least 4 members (excludes halogenated alkanes) is 1. The van der Waals surface area contributed by atoms with Crippen molar-refractivity contribution >= 4 is 11.8 Å². The molecule has 0 radical (unpaired) electrons. The highest BCUT2D eigenvalue weighted by Gasteiger charge is 2.25. The summed E-state index contributed by atoms with van der Waals surface area (Å²) < 4.78 is 0. The number of hydrogen-bond acceptors (Lipinski definition) is 3. The van der Waals surface area contributed by atoms with Crippen LogP contribution in [0, 0.1) is 5.92 Å². The summed E-state index contributed by atoms with van der Waals surface area (Å²) in [7, 11) is 0. The Bertz CT molecular complexity index is 258. The quantitative estimate of drug-likeness (QED) is 0.618. The van der Waals surface area contributed by atoms with Crippen molar-refractivity contribution in [1.29, 1.82) is 0 Å². The van der Waals surface area contributed by atoms with Crippen LogP contribution >= 0.6 is 0 Å². The minimum atomic E-state index is -0.0941. The number of carbonyl (C=O) groups excluding carboxylic acids is 2. The maximum Gasteiger partial charge on any atom is 0.225 e. The fourth-order valence-corrected chi connectivity index (χ4v) is 1.98. The molecule has 0 aromatic heterocycles. The molecule has 4 N–H and O–H groups in total. The van der Waals surface area contributed by atoms with Crippen LogP contribution in [0.25, 0.3) is 0 Å². The molecule has 5 nitrogen and oxygen atoms in total. The zero-order chi connectivity index (χ0) is 12.7. The van der Waals surface area contributed by atoms with Gasteiger partial charge in [0.05, 0.1) is 5.92 Å². The van der Waals surface area contributed by atoms with Crippen LogP contribution in [0.4, 0.5) is 0 Å². The fraction of sp³-hybridized carbons (Fsp3) is 0.833. The minimum absolute atomic E-state index is 0.0246. The second kappa shape index (κ2) is 7.27. The van der Waals surface area contributed by atoms with Crippen molar-refractivity contribution in [2.24, 2.45) is 11.7 Å². The van der Waals surface area contributed by atoms with E-state index >= 15 is 0 Å². The van der Waals surface area contributed by atoms with Crippen LogP contribution in [-0.4, -0.2) is 30.9 Å². The lowest BCUT2D eigenvalue weighted by Crippen LogP contribution is -2.47. The summed E-state index contributed by atoms with van der Waals surface area (Å²) in [6, 6.07) is 0.0695. The summed E-state index contributed by atoms with van der Waals surface area (Å²) in [5, 5.41) is 5.69. The third-order valence-corrected chi connectivity index (χ3v) is 3.17. The molecule has 1 rings (SSSR count). The molecule has 1 heterocycles. The highest BCUT2D eigenvalue weighted by molar-refractivity contribution is 5.83. The summed E-state index contributed by atoms with van der Waals surface area (Å²) >= 11 is 0. The molecule has 0 spiro atoms. The molecule has 1 aliphatic rings. The average Bonchev–Trinajstić information content (AvgIpc) is 2.35. The van der Waals surface area contributed by atoms with E-state index in [-0.39, 0.29) is 23.8 Å². The predicted octanol–water partition coefficient (Wildman–Crippen LogP) is 0.146. The van der Waals surface area contributed by atoms with E-state index in [1.54, 1.807) is 0 Å². The minimum Gasteiger partial charge on any atom is -0.355 e. The van der Waals surface area contributed by atoms with Gasteiger partial charge < -0.3 is 16.4 Å². The van der Waals surface area contributed by atoms with Gasteiger partial charge in [0.25, 0.3) is 0 Å². The Labute approximate surface area is 103 Å². The molecule has 1 saturated heterocycles. The molecule has 17 heavy (non-hydrogen) atoms. The number of carbonyl (C=O) groups is 2. The molecule has 2 atom stereocenters. The van der Waals surface area contributed by atoms with Crippen molar-refractivity contribution in [2.45, 2.75) is 45.1 Å². The van der Waals surface area contributed by atoms with Crippen molar-refractivity contribution in [3.8, 4) is 0 Å². The molecule has 1 fully saturated rings. The van der Waals surface area contributed by atoms with Crippen molar-refractivity contribution < 1.29 is 9.59 Å².